The first-order valence-electron chi connectivity index (χ1n) is 7.75. The van der Waals surface area contributed by atoms with Crippen molar-refractivity contribution in [3.63, 3.8) is 0 Å². The van der Waals surface area contributed by atoms with E-state index in [1.54, 1.807) is 0 Å². The Labute approximate surface area is 117 Å². The highest BCUT2D eigenvalue weighted by Gasteiger charge is 2.24. The van der Waals surface area contributed by atoms with E-state index in [0.717, 1.165) is 25.2 Å². The minimum atomic E-state index is 0.0699. The molecule has 0 aromatic heterocycles. The van der Waals surface area contributed by atoms with Crippen LogP contribution in [0.1, 0.15) is 57.8 Å². The van der Waals surface area contributed by atoms with Gasteiger partial charge in [-0.15, -0.1) is 0 Å². The molecule has 2 N–H and O–H groups in total. The molecular formula is C17H27NO. The Morgan fingerprint density at radius 1 is 0.947 bits per heavy atom. The molecule has 0 radical (unpaired) electrons. The Morgan fingerprint density at radius 2 is 1.58 bits per heavy atom. The molecule has 19 heavy (non-hydrogen) atoms. The molecule has 1 aliphatic rings. The Balaban J connectivity index is 1.68. The fourth-order valence-corrected chi connectivity index (χ4v) is 2.99. The predicted molar refractivity (Wildman–Crippen MR) is 80.4 cm³/mol. The van der Waals surface area contributed by atoms with Gasteiger partial charge in [0.15, 0.2) is 0 Å². The number of ether oxygens (including phenoxy) is 1. The highest BCUT2D eigenvalue weighted by molar-refractivity contribution is 5.20. The lowest BCUT2D eigenvalue weighted by molar-refractivity contribution is 0.249. The first-order chi connectivity index (χ1) is 9.29. The summed E-state index contributed by atoms with van der Waals surface area (Å²) >= 11 is 0. The molecule has 0 bridgehead atoms. The van der Waals surface area contributed by atoms with Gasteiger partial charge in [-0.05, 0) is 37.8 Å². The fourth-order valence-electron chi connectivity index (χ4n) is 2.99. The number of rotatable bonds is 5. The van der Waals surface area contributed by atoms with Crippen molar-refractivity contribution in [2.45, 2.75) is 63.3 Å². The Hall–Kier alpha value is -1.02. The van der Waals surface area contributed by atoms with Crippen molar-refractivity contribution >= 4 is 0 Å². The molecule has 1 fully saturated rings. The van der Waals surface area contributed by atoms with Crippen molar-refractivity contribution in [2.24, 2.45) is 5.73 Å². The maximum atomic E-state index is 6.55. The van der Waals surface area contributed by atoms with Gasteiger partial charge in [0.1, 0.15) is 5.75 Å². The molecule has 0 amide bonds. The molecule has 1 aromatic carbocycles. The largest absolute Gasteiger partial charge is 0.494 e. The molecular weight excluding hydrogens is 234 g/mol. The standard InChI is InChI=1S/C17H27NO/c18-17(12-7-2-1-3-8-13-17)14-9-15-19-16-10-5-4-6-11-16/h4-6,10-11H,1-3,7-9,12-15,18H2. The Bertz CT molecular complexity index is 342. The van der Waals surface area contributed by atoms with E-state index in [1.165, 1.54) is 44.9 Å². The van der Waals surface area contributed by atoms with Crippen LogP contribution in [0.3, 0.4) is 0 Å². The van der Waals surface area contributed by atoms with E-state index in [-0.39, 0.29) is 5.54 Å². The summed E-state index contributed by atoms with van der Waals surface area (Å²) in [6.45, 7) is 0.781. The van der Waals surface area contributed by atoms with Crippen molar-refractivity contribution in [2.75, 3.05) is 6.61 Å². The van der Waals surface area contributed by atoms with Crippen LogP contribution in [0.25, 0.3) is 0 Å². The zero-order valence-corrected chi connectivity index (χ0v) is 11.9. The summed E-state index contributed by atoms with van der Waals surface area (Å²) in [5.74, 6) is 0.964. The molecule has 0 aliphatic heterocycles. The summed E-state index contributed by atoms with van der Waals surface area (Å²) in [4.78, 5) is 0. The van der Waals surface area contributed by atoms with Crippen LogP contribution in [-0.4, -0.2) is 12.1 Å². The van der Waals surface area contributed by atoms with E-state index in [0.29, 0.717) is 0 Å². The third kappa shape index (κ3) is 5.23. The molecule has 1 saturated carbocycles. The first kappa shape index (κ1) is 14.4. The third-order valence-corrected chi connectivity index (χ3v) is 4.18. The zero-order valence-electron chi connectivity index (χ0n) is 11.9. The summed E-state index contributed by atoms with van der Waals surface area (Å²) in [6.07, 6.45) is 11.3. The van der Waals surface area contributed by atoms with Gasteiger partial charge in [-0.25, -0.2) is 0 Å². The van der Waals surface area contributed by atoms with Crippen LogP contribution < -0.4 is 10.5 Å². The third-order valence-electron chi connectivity index (χ3n) is 4.18. The molecule has 1 aromatic rings. The van der Waals surface area contributed by atoms with Gasteiger partial charge in [0, 0.05) is 5.54 Å². The average molecular weight is 261 g/mol. The molecule has 0 unspecified atom stereocenters. The van der Waals surface area contributed by atoms with E-state index in [2.05, 4.69) is 0 Å². The van der Waals surface area contributed by atoms with E-state index >= 15 is 0 Å². The van der Waals surface area contributed by atoms with Gasteiger partial charge in [0.25, 0.3) is 0 Å². The summed E-state index contributed by atoms with van der Waals surface area (Å²) in [5, 5.41) is 0. The normalized spacial score (nSPS) is 19.4. The van der Waals surface area contributed by atoms with E-state index in [1.807, 2.05) is 30.3 Å². The molecule has 0 atom stereocenters. The maximum absolute atomic E-state index is 6.55. The molecule has 2 heteroatoms. The summed E-state index contributed by atoms with van der Waals surface area (Å²) < 4.78 is 5.74. The van der Waals surface area contributed by atoms with Crippen LogP contribution >= 0.6 is 0 Å². The number of hydrogen-bond donors (Lipinski definition) is 1. The lowest BCUT2D eigenvalue weighted by atomic mass is 9.81. The summed E-state index contributed by atoms with van der Waals surface area (Å²) in [5.41, 5.74) is 6.62. The zero-order chi connectivity index (χ0) is 13.4. The molecule has 2 nitrogen and oxygen atoms in total. The van der Waals surface area contributed by atoms with Crippen molar-refractivity contribution in [1.29, 1.82) is 0 Å². The van der Waals surface area contributed by atoms with Gasteiger partial charge >= 0.3 is 0 Å². The van der Waals surface area contributed by atoms with Crippen molar-refractivity contribution in [1.82, 2.24) is 0 Å². The van der Waals surface area contributed by atoms with Gasteiger partial charge in [0.2, 0.25) is 0 Å². The number of benzene rings is 1. The van der Waals surface area contributed by atoms with Gasteiger partial charge in [-0.3, -0.25) is 0 Å². The number of nitrogens with two attached hydrogens (primary N) is 1. The van der Waals surface area contributed by atoms with Gasteiger partial charge in [0.05, 0.1) is 6.61 Å². The smallest absolute Gasteiger partial charge is 0.119 e. The topological polar surface area (TPSA) is 35.2 Å². The van der Waals surface area contributed by atoms with Crippen LogP contribution in [0.15, 0.2) is 30.3 Å². The molecule has 2 rings (SSSR count). The number of hydrogen-bond acceptors (Lipinski definition) is 2. The predicted octanol–water partition coefficient (Wildman–Crippen LogP) is 4.29. The monoisotopic (exact) mass is 261 g/mol. The van der Waals surface area contributed by atoms with Gasteiger partial charge in [-0.2, -0.15) is 0 Å². The van der Waals surface area contributed by atoms with Crippen molar-refractivity contribution in [3.8, 4) is 5.75 Å². The number of para-hydroxylation sites is 1. The lowest BCUT2D eigenvalue weighted by Gasteiger charge is -2.31. The highest BCUT2D eigenvalue weighted by Crippen LogP contribution is 2.28. The second-order valence-corrected chi connectivity index (χ2v) is 5.90. The minimum absolute atomic E-state index is 0.0699. The van der Waals surface area contributed by atoms with Crippen LogP contribution in [0.2, 0.25) is 0 Å². The minimum Gasteiger partial charge on any atom is -0.494 e. The van der Waals surface area contributed by atoms with E-state index in [9.17, 15) is 0 Å². The highest BCUT2D eigenvalue weighted by atomic mass is 16.5. The lowest BCUT2D eigenvalue weighted by Crippen LogP contribution is -2.40. The molecule has 0 saturated heterocycles. The summed E-state index contributed by atoms with van der Waals surface area (Å²) in [6, 6.07) is 10.0. The Kier molecular flexibility index (Phi) is 5.71. The molecule has 0 spiro atoms. The Morgan fingerprint density at radius 3 is 2.26 bits per heavy atom. The first-order valence-corrected chi connectivity index (χ1v) is 7.75. The van der Waals surface area contributed by atoms with E-state index < -0.39 is 0 Å². The maximum Gasteiger partial charge on any atom is 0.119 e. The van der Waals surface area contributed by atoms with Gasteiger partial charge in [-0.1, -0.05) is 50.3 Å². The van der Waals surface area contributed by atoms with E-state index in [4.69, 9.17) is 10.5 Å². The second-order valence-electron chi connectivity index (χ2n) is 5.90. The second kappa shape index (κ2) is 7.54. The van der Waals surface area contributed by atoms with Crippen LogP contribution in [-0.2, 0) is 0 Å². The molecule has 106 valence electrons. The molecule has 1 aliphatic carbocycles. The summed E-state index contributed by atoms with van der Waals surface area (Å²) in [7, 11) is 0. The van der Waals surface area contributed by atoms with Gasteiger partial charge < -0.3 is 10.5 Å². The molecule has 0 heterocycles. The van der Waals surface area contributed by atoms with Crippen LogP contribution in [0.5, 0.6) is 5.75 Å². The fraction of sp³-hybridized carbons (Fsp3) is 0.647. The SMILES string of the molecule is NC1(CCCOc2ccccc2)CCCCCCC1. The van der Waals surface area contributed by atoms with Crippen molar-refractivity contribution < 1.29 is 4.74 Å². The van der Waals surface area contributed by atoms with Crippen LogP contribution in [0, 0.1) is 0 Å². The van der Waals surface area contributed by atoms with Crippen molar-refractivity contribution in [3.05, 3.63) is 30.3 Å². The average Bonchev–Trinajstić information content (AvgIpc) is 2.41. The quantitative estimate of drug-likeness (QED) is 0.803. The van der Waals surface area contributed by atoms with Crippen LogP contribution in [0.4, 0.5) is 0 Å².